The monoisotopic (exact) mass is 323 g/mol. The van der Waals surface area contributed by atoms with Crippen molar-refractivity contribution in [3.63, 3.8) is 0 Å². The Morgan fingerprint density at radius 1 is 1.50 bits per heavy atom. The molecule has 5 nitrogen and oxygen atoms in total. The maximum absolute atomic E-state index is 4.45. The van der Waals surface area contributed by atoms with Crippen LogP contribution in [0.5, 0.6) is 0 Å². The lowest BCUT2D eigenvalue weighted by Gasteiger charge is -2.25. The van der Waals surface area contributed by atoms with Crippen LogP contribution in [-0.4, -0.2) is 55.1 Å². The van der Waals surface area contributed by atoms with Crippen LogP contribution in [0.1, 0.15) is 36.6 Å². The number of aliphatic imine (C=N–C) groups is 1. The molecule has 1 atom stereocenters. The van der Waals surface area contributed by atoms with Gasteiger partial charge in [0.2, 0.25) is 0 Å². The van der Waals surface area contributed by atoms with Crippen LogP contribution in [0.4, 0.5) is 0 Å². The molecule has 1 aliphatic rings. The highest BCUT2D eigenvalue weighted by Gasteiger charge is 2.28. The summed E-state index contributed by atoms with van der Waals surface area (Å²) in [5, 5.41) is 7.98. The van der Waals surface area contributed by atoms with Gasteiger partial charge < -0.3 is 10.6 Å². The number of aromatic nitrogens is 1. The first-order valence-electron chi connectivity index (χ1n) is 8.24. The van der Waals surface area contributed by atoms with E-state index < -0.39 is 0 Å². The third-order valence-corrected chi connectivity index (χ3v) is 5.39. The average molecular weight is 324 g/mol. The van der Waals surface area contributed by atoms with Crippen LogP contribution >= 0.6 is 11.3 Å². The molecule has 1 aromatic heterocycles. The predicted molar refractivity (Wildman–Crippen MR) is 94.8 cm³/mol. The number of nitrogens with zero attached hydrogens (tertiary/aromatic N) is 3. The molecule has 1 heterocycles. The zero-order valence-corrected chi connectivity index (χ0v) is 15.0. The van der Waals surface area contributed by atoms with E-state index >= 15 is 0 Å². The molecule has 1 fully saturated rings. The van der Waals surface area contributed by atoms with E-state index in [1.54, 1.807) is 11.3 Å². The Morgan fingerprint density at radius 2 is 2.27 bits per heavy atom. The van der Waals surface area contributed by atoms with E-state index in [9.17, 15) is 0 Å². The van der Waals surface area contributed by atoms with Crippen molar-refractivity contribution in [1.82, 2.24) is 20.5 Å². The fourth-order valence-corrected chi connectivity index (χ4v) is 3.23. The lowest BCUT2D eigenvalue weighted by atomic mass is 10.3. The summed E-state index contributed by atoms with van der Waals surface area (Å²) in [6.45, 7) is 6.22. The van der Waals surface area contributed by atoms with Crippen LogP contribution in [0.3, 0.4) is 0 Å². The average Bonchev–Trinajstić information content (AvgIpc) is 3.28. The molecule has 2 N–H and O–H groups in total. The summed E-state index contributed by atoms with van der Waals surface area (Å²) < 4.78 is 0. The van der Waals surface area contributed by atoms with Crippen molar-refractivity contribution in [2.45, 2.75) is 51.6 Å². The molecule has 6 heteroatoms. The number of thiazole rings is 1. The molecule has 0 bridgehead atoms. The maximum atomic E-state index is 4.45. The first-order valence-corrected chi connectivity index (χ1v) is 9.05. The molecule has 1 aliphatic carbocycles. The van der Waals surface area contributed by atoms with Gasteiger partial charge in [-0.3, -0.25) is 9.89 Å². The standard InChI is InChI=1S/C16H29N5S/c1-5-14-11-19-15(22-14)8-9-18-16(17-3)20-10-12(2)21(4)13-6-7-13/h11-13H,5-10H2,1-4H3,(H2,17,18,20). The number of hydrogen-bond acceptors (Lipinski definition) is 4. The van der Waals surface area contributed by atoms with Gasteiger partial charge >= 0.3 is 0 Å². The summed E-state index contributed by atoms with van der Waals surface area (Å²) in [5.41, 5.74) is 0. The van der Waals surface area contributed by atoms with Crippen LogP contribution in [0.25, 0.3) is 0 Å². The first kappa shape index (κ1) is 17.2. The first-order chi connectivity index (χ1) is 10.6. The zero-order valence-electron chi connectivity index (χ0n) is 14.2. The van der Waals surface area contributed by atoms with Crippen LogP contribution in [0.15, 0.2) is 11.2 Å². The van der Waals surface area contributed by atoms with Crippen molar-refractivity contribution in [2.24, 2.45) is 4.99 Å². The van der Waals surface area contributed by atoms with Crippen molar-refractivity contribution in [1.29, 1.82) is 0 Å². The van der Waals surface area contributed by atoms with Gasteiger partial charge in [0, 0.05) is 49.7 Å². The van der Waals surface area contributed by atoms with E-state index in [0.29, 0.717) is 6.04 Å². The number of nitrogens with one attached hydrogen (secondary N) is 2. The van der Waals surface area contributed by atoms with E-state index in [1.807, 2.05) is 13.2 Å². The van der Waals surface area contributed by atoms with Gasteiger partial charge in [0.1, 0.15) is 0 Å². The SMILES string of the molecule is CCc1cnc(CCNC(=NC)NCC(C)N(C)C2CC2)s1. The minimum Gasteiger partial charge on any atom is -0.356 e. The van der Waals surface area contributed by atoms with Gasteiger partial charge in [0.05, 0.1) is 5.01 Å². The Morgan fingerprint density at radius 3 is 2.86 bits per heavy atom. The van der Waals surface area contributed by atoms with Crippen molar-refractivity contribution in [3.8, 4) is 0 Å². The van der Waals surface area contributed by atoms with E-state index in [-0.39, 0.29) is 0 Å². The lowest BCUT2D eigenvalue weighted by molar-refractivity contribution is 0.247. The summed E-state index contributed by atoms with van der Waals surface area (Å²) in [7, 11) is 4.04. The van der Waals surface area contributed by atoms with Crippen molar-refractivity contribution < 1.29 is 0 Å². The van der Waals surface area contributed by atoms with Gasteiger partial charge in [-0.25, -0.2) is 4.98 Å². The molecule has 0 spiro atoms. The zero-order chi connectivity index (χ0) is 15.9. The smallest absolute Gasteiger partial charge is 0.191 e. The third kappa shape index (κ3) is 5.25. The molecule has 1 aromatic rings. The molecule has 0 saturated heterocycles. The molecule has 0 aromatic carbocycles. The summed E-state index contributed by atoms with van der Waals surface area (Å²) in [6.07, 6.45) is 6.70. The van der Waals surface area contributed by atoms with E-state index in [2.05, 4.69) is 46.4 Å². The van der Waals surface area contributed by atoms with E-state index in [0.717, 1.165) is 37.9 Å². The second kappa shape index (κ2) is 8.48. The normalized spacial score (nSPS) is 16.9. The van der Waals surface area contributed by atoms with Crippen LogP contribution < -0.4 is 10.6 Å². The molecule has 2 rings (SSSR count). The fraction of sp³-hybridized carbons (Fsp3) is 0.750. The van der Waals surface area contributed by atoms with E-state index in [1.165, 1.54) is 22.7 Å². The second-order valence-electron chi connectivity index (χ2n) is 5.95. The molecular weight excluding hydrogens is 294 g/mol. The molecule has 1 unspecified atom stereocenters. The van der Waals surface area contributed by atoms with Crippen LogP contribution in [0, 0.1) is 0 Å². The Balaban J connectivity index is 1.66. The van der Waals surface area contributed by atoms with Gasteiger partial charge in [0.25, 0.3) is 0 Å². The predicted octanol–water partition coefficient (Wildman–Crippen LogP) is 1.90. The van der Waals surface area contributed by atoms with Crippen molar-refractivity contribution in [3.05, 3.63) is 16.1 Å². The van der Waals surface area contributed by atoms with Crippen LogP contribution in [0.2, 0.25) is 0 Å². The highest BCUT2D eigenvalue weighted by atomic mass is 32.1. The molecule has 0 radical (unpaired) electrons. The highest BCUT2D eigenvalue weighted by Crippen LogP contribution is 2.26. The second-order valence-corrected chi connectivity index (χ2v) is 7.15. The van der Waals surface area contributed by atoms with Gasteiger partial charge in [-0.1, -0.05) is 6.92 Å². The number of likely N-dealkylation sites (N-methyl/N-ethyl adjacent to an activating group) is 1. The van der Waals surface area contributed by atoms with Crippen molar-refractivity contribution >= 4 is 17.3 Å². The Bertz CT molecular complexity index is 481. The lowest BCUT2D eigenvalue weighted by Crippen LogP contribution is -2.45. The molecule has 22 heavy (non-hydrogen) atoms. The summed E-state index contributed by atoms with van der Waals surface area (Å²) >= 11 is 1.81. The molecule has 124 valence electrons. The fourth-order valence-electron chi connectivity index (χ4n) is 2.37. The minimum atomic E-state index is 0.525. The van der Waals surface area contributed by atoms with Gasteiger partial charge in [-0.2, -0.15) is 0 Å². The quantitative estimate of drug-likeness (QED) is 0.567. The number of guanidine groups is 1. The minimum absolute atomic E-state index is 0.525. The maximum Gasteiger partial charge on any atom is 0.191 e. The summed E-state index contributed by atoms with van der Waals surface area (Å²) in [6, 6.07) is 1.32. The summed E-state index contributed by atoms with van der Waals surface area (Å²) in [4.78, 5) is 12.6. The number of hydrogen-bond donors (Lipinski definition) is 2. The summed E-state index contributed by atoms with van der Waals surface area (Å²) in [5.74, 6) is 0.878. The molecule has 0 amide bonds. The van der Waals surface area contributed by atoms with E-state index in [4.69, 9.17) is 0 Å². The number of aryl methyl sites for hydroxylation is 1. The molecule has 0 aliphatic heterocycles. The number of rotatable bonds is 8. The highest BCUT2D eigenvalue weighted by molar-refractivity contribution is 7.11. The van der Waals surface area contributed by atoms with Crippen LogP contribution in [-0.2, 0) is 12.8 Å². The van der Waals surface area contributed by atoms with Crippen molar-refractivity contribution in [2.75, 3.05) is 27.2 Å². The Kier molecular flexibility index (Phi) is 6.64. The van der Waals surface area contributed by atoms with Gasteiger partial charge in [-0.05, 0) is 33.2 Å². The van der Waals surface area contributed by atoms with Gasteiger partial charge in [0.15, 0.2) is 5.96 Å². The Labute approximate surface area is 138 Å². The third-order valence-electron chi connectivity index (χ3n) is 4.19. The molecular formula is C16H29N5S. The topological polar surface area (TPSA) is 52.6 Å². The largest absolute Gasteiger partial charge is 0.356 e. The van der Waals surface area contributed by atoms with Gasteiger partial charge in [-0.15, -0.1) is 11.3 Å². The Hall–Kier alpha value is -1.14. The molecule has 1 saturated carbocycles.